The molecular weight excluding hydrogens is 456 g/mol. The van der Waals surface area contributed by atoms with Crippen LogP contribution in [0.5, 0.6) is 0 Å². The third-order valence-electron chi connectivity index (χ3n) is 5.49. The fourth-order valence-electron chi connectivity index (χ4n) is 3.71. The largest absolute Gasteiger partial charge is 0.455 e. The number of sulfonamides is 1. The van der Waals surface area contributed by atoms with Gasteiger partial charge in [-0.05, 0) is 51.0 Å². The van der Waals surface area contributed by atoms with E-state index in [0.29, 0.717) is 47.4 Å². The number of aryl methyl sites for hydroxylation is 2. The van der Waals surface area contributed by atoms with Crippen LogP contribution in [-0.4, -0.2) is 25.9 Å². The van der Waals surface area contributed by atoms with E-state index in [2.05, 4.69) is 20.8 Å². The Morgan fingerprint density at radius 3 is 2.29 bits per heavy atom. The second-order valence-corrected chi connectivity index (χ2v) is 9.61. The van der Waals surface area contributed by atoms with Crippen molar-refractivity contribution in [3.05, 3.63) is 88.4 Å². The summed E-state index contributed by atoms with van der Waals surface area (Å²) in [5.74, 6) is -0.484. The van der Waals surface area contributed by atoms with Gasteiger partial charge >= 0.3 is 5.91 Å². The van der Waals surface area contributed by atoms with E-state index in [1.165, 1.54) is 12.1 Å². The smallest absolute Gasteiger partial charge is 0.305 e. The van der Waals surface area contributed by atoms with Crippen molar-refractivity contribution in [2.45, 2.75) is 38.0 Å². The molecule has 1 aliphatic rings. The molecule has 0 saturated carbocycles. The lowest BCUT2D eigenvalue weighted by molar-refractivity contribution is 0.0829. The summed E-state index contributed by atoms with van der Waals surface area (Å²) in [5.41, 5.74) is 7.79. The van der Waals surface area contributed by atoms with E-state index in [9.17, 15) is 18.0 Å². The SMILES string of the molecule is Cc1ccc(C(=O)NNC(=O)c2oc3c(c2C)/C(=N/NS(=O)(=O)c2ccccc2)CCC3)cc1. The molecule has 176 valence electrons. The summed E-state index contributed by atoms with van der Waals surface area (Å²) < 4.78 is 30.8. The van der Waals surface area contributed by atoms with Gasteiger partial charge in [-0.1, -0.05) is 35.9 Å². The number of hydrogen-bond acceptors (Lipinski definition) is 6. The molecule has 3 aromatic rings. The third-order valence-corrected chi connectivity index (χ3v) is 6.71. The summed E-state index contributed by atoms with van der Waals surface area (Å²) in [7, 11) is -3.83. The minimum absolute atomic E-state index is 0.0368. The molecule has 1 aliphatic carbocycles. The number of benzene rings is 2. The molecule has 0 atom stereocenters. The number of fused-ring (bicyclic) bond motifs is 1. The minimum Gasteiger partial charge on any atom is -0.455 e. The maximum absolute atomic E-state index is 12.7. The molecule has 1 aromatic heterocycles. The Morgan fingerprint density at radius 1 is 0.912 bits per heavy atom. The van der Waals surface area contributed by atoms with Gasteiger partial charge in [0.1, 0.15) is 5.76 Å². The Morgan fingerprint density at radius 2 is 1.59 bits per heavy atom. The van der Waals surface area contributed by atoms with Crippen molar-refractivity contribution in [2.24, 2.45) is 5.10 Å². The van der Waals surface area contributed by atoms with Crippen LogP contribution < -0.4 is 15.7 Å². The van der Waals surface area contributed by atoms with Crippen LogP contribution in [0.25, 0.3) is 0 Å². The highest BCUT2D eigenvalue weighted by atomic mass is 32.2. The van der Waals surface area contributed by atoms with E-state index < -0.39 is 21.8 Å². The molecular formula is C24H24N4O5S. The number of rotatable bonds is 5. The van der Waals surface area contributed by atoms with E-state index in [-0.39, 0.29) is 10.7 Å². The molecule has 34 heavy (non-hydrogen) atoms. The third kappa shape index (κ3) is 4.86. The maximum atomic E-state index is 12.7. The summed E-state index contributed by atoms with van der Waals surface area (Å²) in [6.45, 7) is 3.61. The molecule has 0 fully saturated rings. The predicted molar refractivity (Wildman–Crippen MR) is 126 cm³/mol. The minimum atomic E-state index is -3.83. The molecule has 0 unspecified atom stereocenters. The van der Waals surface area contributed by atoms with Crippen LogP contribution in [0.15, 0.2) is 69.0 Å². The van der Waals surface area contributed by atoms with Gasteiger partial charge in [-0.2, -0.15) is 18.4 Å². The number of hydrazone groups is 1. The number of carbonyl (C=O) groups excluding carboxylic acids is 2. The monoisotopic (exact) mass is 480 g/mol. The van der Waals surface area contributed by atoms with Crippen LogP contribution in [-0.2, 0) is 16.4 Å². The van der Waals surface area contributed by atoms with Crippen LogP contribution in [0.4, 0.5) is 0 Å². The second-order valence-electron chi connectivity index (χ2n) is 7.95. The van der Waals surface area contributed by atoms with Crippen molar-refractivity contribution < 1.29 is 22.4 Å². The summed E-state index contributed by atoms with van der Waals surface area (Å²) in [6.07, 6.45) is 1.80. The molecule has 1 heterocycles. The fourth-order valence-corrected chi connectivity index (χ4v) is 4.56. The van der Waals surface area contributed by atoms with Crippen molar-refractivity contribution in [1.29, 1.82) is 0 Å². The molecule has 9 nitrogen and oxygen atoms in total. The van der Waals surface area contributed by atoms with E-state index in [1.54, 1.807) is 49.4 Å². The highest BCUT2D eigenvalue weighted by Crippen LogP contribution is 2.30. The predicted octanol–water partition coefficient (Wildman–Crippen LogP) is 2.99. The molecule has 2 amide bonds. The molecule has 0 bridgehead atoms. The summed E-state index contributed by atoms with van der Waals surface area (Å²) >= 11 is 0. The van der Waals surface area contributed by atoms with E-state index in [0.717, 1.165) is 5.56 Å². The van der Waals surface area contributed by atoms with Crippen LogP contribution in [0.1, 0.15) is 56.2 Å². The zero-order chi connectivity index (χ0) is 24.3. The van der Waals surface area contributed by atoms with Crippen molar-refractivity contribution in [1.82, 2.24) is 15.7 Å². The first-order valence-electron chi connectivity index (χ1n) is 10.7. The Balaban J connectivity index is 1.51. The number of nitrogens with zero attached hydrogens (tertiary/aromatic N) is 1. The van der Waals surface area contributed by atoms with Crippen LogP contribution in [0.2, 0.25) is 0 Å². The lowest BCUT2D eigenvalue weighted by Crippen LogP contribution is -2.41. The van der Waals surface area contributed by atoms with E-state index >= 15 is 0 Å². The molecule has 3 N–H and O–H groups in total. The summed E-state index contributed by atoms with van der Waals surface area (Å²) in [5, 5.41) is 4.14. The lowest BCUT2D eigenvalue weighted by atomic mass is 9.93. The van der Waals surface area contributed by atoms with Crippen LogP contribution in [0, 0.1) is 13.8 Å². The Kier molecular flexibility index (Phi) is 6.51. The lowest BCUT2D eigenvalue weighted by Gasteiger charge is -2.14. The highest BCUT2D eigenvalue weighted by molar-refractivity contribution is 7.89. The maximum Gasteiger partial charge on any atom is 0.305 e. The molecule has 0 aliphatic heterocycles. The fraction of sp³-hybridized carbons (Fsp3) is 0.208. The van der Waals surface area contributed by atoms with Gasteiger partial charge in [0.15, 0.2) is 5.76 Å². The average Bonchev–Trinajstić information content (AvgIpc) is 3.19. The van der Waals surface area contributed by atoms with Gasteiger partial charge in [0.2, 0.25) is 0 Å². The topological polar surface area (TPSA) is 130 Å². The molecule has 10 heteroatoms. The van der Waals surface area contributed by atoms with Gasteiger partial charge in [-0.3, -0.25) is 20.4 Å². The Bertz CT molecular complexity index is 1360. The summed E-state index contributed by atoms with van der Waals surface area (Å²) in [6, 6.07) is 14.9. The number of hydrazine groups is 1. The first-order valence-corrected chi connectivity index (χ1v) is 12.2. The van der Waals surface area contributed by atoms with Gasteiger partial charge < -0.3 is 4.42 Å². The van der Waals surface area contributed by atoms with Crippen molar-refractivity contribution in [3.63, 3.8) is 0 Å². The Labute approximate surface area is 197 Å². The highest BCUT2D eigenvalue weighted by Gasteiger charge is 2.28. The zero-order valence-electron chi connectivity index (χ0n) is 18.7. The number of nitrogens with one attached hydrogen (secondary N) is 3. The normalized spacial score (nSPS) is 14.4. The quantitative estimate of drug-likeness (QED) is 0.484. The first-order chi connectivity index (χ1) is 16.3. The Hall–Kier alpha value is -3.92. The molecule has 0 spiro atoms. The van der Waals surface area contributed by atoms with Crippen molar-refractivity contribution in [3.8, 4) is 0 Å². The van der Waals surface area contributed by atoms with Crippen molar-refractivity contribution in [2.75, 3.05) is 0 Å². The first kappa shape index (κ1) is 23.2. The second kappa shape index (κ2) is 9.52. The number of amides is 2. The average molecular weight is 481 g/mol. The molecule has 0 saturated heterocycles. The van der Waals surface area contributed by atoms with Gasteiger partial charge in [-0.15, -0.1) is 0 Å². The van der Waals surface area contributed by atoms with Gasteiger partial charge in [0.05, 0.1) is 10.6 Å². The number of carbonyl (C=O) groups is 2. The zero-order valence-corrected chi connectivity index (χ0v) is 19.5. The van der Waals surface area contributed by atoms with Gasteiger partial charge in [0, 0.05) is 23.1 Å². The number of hydrogen-bond donors (Lipinski definition) is 3. The molecule has 2 aromatic carbocycles. The van der Waals surface area contributed by atoms with Crippen LogP contribution in [0.3, 0.4) is 0 Å². The summed E-state index contributed by atoms with van der Waals surface area (Å²) in [4.78, 5) is 27.4. The van der Waals surface area contributed by atoms with Crippen molar-refractivity contribution >= 4 is 27.5 Å². The van der Waals surface area contributed by atoms with Gasteiger partial charge in [-0.25, -0.2) is 0 Å². The standard InChI is InChI=1S/C24H24N4O5S/c1-15-11-13-17(14-12-15)23(29)26-27-24(30)22-16(2)21-19(9-6-10-20(21)33-22)25-28-34(31,32)18-7-4-3-5-8-18/h3-5,7-8,11-14,28H,6,9-10H2,1-2H3,(H,26,29)(H,27,30)/b25-19+. The molecule has 0 radical (unpaired) electrons. The van der Waals surface area contributed by atoms with E-state index in [4.69, 9.17) is 4.42 Å². The van der Waals surface area contributed by atoms with Crippen LogP contribution >= 0.6 is 0 Å². The molecule has 4 rings (SSSR count). The van der Waals surface area contributed by atoms with Gasteiger partial charge in [0.25, 0.3) is 15.9 Å². The van der Waals surface area contributed by atoms with E-state index in [1.807, 2.05) is 6.92 Å². The number of furan rings is 1.